The number of nitrogen functional groups attached to an aromatic ring is 1. The maximum absolute atomic E-state index is 6.16. The average molecular weight is 414 g/mol. The van der Waals surface area contributed by atoms with Gasteiger partial charge in [0.05, 0.1) is 10.2 Å². The van der Waals surface area contributed by atoms with Crippen molar-refractivity contribution in [3.8, 4) is 11.6 Å². The molecule has 0 saturated heterocycles. The van der Waals surface area contributed by atoms with Gasteiger partial charge in [-0.05, 0) is 36.4 Å². The highest BCUT2D eigenvalue weighted by Gasteiger charge is 2.12. The standard InChI is InChI=1S/C17H12BrN5OS/c18-10-5-7-11(8-6-10)24-16-14(19)15(20-9-21-16)23-17-22-12-3-1-2-4-13(12)25-17/h1-9H,19H2,(H,20,21,22,23). The normalized spacial score (nSPS) is 10.8. The molecule has 2 aromatic carbocycles. The molecule has 8 heteroatoms. The van der Waals surface area contributed by atoms with Gasteiger partial charge in [-0.15, -0.1) is 0 Å². The summed E-state index contributed by atoms with van der Waals surface area (Å²) in [6.07, 6.45) is 1.40. The van der Waals surface area contributed by atoms with E-state index >= 15 is 0 Å². The number of para-hydroxylation sites is 1. The van der Waals surface area contributed by atoms with E-state index in [4.69, 9.17) is 10.5 Å². The number of aromatic nitrogens is 3. The number of rotatable bonds is 4. The minimum absolute atomic E-state index is 0.293. The van der Waals surface area contributed by atoms with E-state index in [1.165, 1.54) is 17.7 Å². The number of nitrogens with two attached hydrogens (primary N) is 1. The van der Waals surface area contributed by atoms with Crippen LogP contribution in [0.3, 0.4) is 0 Å². The van der Waals surface area contributed by atoms with Crippen LogP contribution in [0.5, 0.6) is 11.6 Å². The molecule has 3 N–H and O–H groups in total. The average Bonchev–Trinajstić information content (AvgIpc) is 3.03. The second kappa shape index (κ2) is 6.66. The molecule has 4 rings (SSSR count). The molecule has 0 saturated carbocycles. The third-order valence-electron chi connectivity index (χ3n) is 3.39. The Morgan fingerprint density at radius 2 is 1.84 bits per heavy atom. The third kappa shape index (κ3) is 3.40. The van der Waals surface area contributed by atoms with Crippen LogP contribution in [-0.4, -0.2) is 15.0 Å². The number of halogens is 1. The van der Waals surface area contributed by atoms with Gasteiger partial charge in [0.25, 0.3) is 0 Å². The summed E-state index contributed by atoms with van der Waals surface area (Å²) in [5.41, 5.74) is 7.41. The fourth-order valence-corrected chi connectivity index (χ4v) is 3.33. The van der Waals surface area contributed by atoms with Crippen LogP contribution in [0.25, 0.3) is 10.2 Å². The molecule has 0 unspecified atom stereocenters. The van der Waals surface area contributed by atoms with Crippen LogP contribution in [-0.2, 0) is 0 Å². The fourth-order valence-electron chi connectivity index (χ4n) is 2.20. The van der Waals surface area contributed by atoms with Gasteiger partial charge in [-0.25, -0.2) is 9.97 Å². The molecule has 0 radical (unpaired) electrons. The highest BCUT2D eigenvalue weighted by atomic mass is 79.9. The Labute approximate surface area is 155 Å². The highest BCUT2D eigenvalue weighted by Crippen LogP contribution is 2.33. The molecule has 0 spiro atoms. The molecule has 0 amide bonds. The van der Waals surface area contributed by atoms with Crippen molar-refractivity contribution in [3.05, 3.63) is 59.3 Å². The molecule has 124 valence electrons. The summed E-state index contributed by atoms with van der Waals surface area (Å²) in [6, 6.07) is 15.3. The lowest BCUT2D eigenvalue weighted by molar-refractivity contribution is 0.464. The quantitative estimate of drug-likeness (QED) is 0.491. The number of hydrogen-bond acceptors (Lipinski definition) is 7. The van der Waals surface area contributed by atoms with Crippen molar-refractivity contribution in [2.24, 2.45) is 0 Å². The minimum atomic E-state index is 0.293. The summed E-state index contributed by atoms with van der Waals surface area (Å²) in [7, 11) is 0. The van der Waals surface area contributed by atoms with E-state index in [9.17, 15) is 0 Å². The van der Waals surface area contributed by atoms with Gasteiger partial charge in [-0.2, -0.15) is 4.98 Å². The lowest BCUT2D eigenvalue weighted by Crippen LogP contribution is -2.02. The van der Waals surface area contributed by atoms with Crippen LogP contribution in [0, 0.1) is 0 Å². The summed E-state index contributed by atoms with van der Waals surface area (Å²) in [5.74, 6) is 1.39. The molecule has 0 fully saturated rings. The SMILES string of the molecule is Nc1c(Nc2nc3ccccc3s2)ncnc1Oc1ccc(Br)cc1. The van der Waals surface area contributed by atoms with Crippen molar-refractivity contribution in [2.45, 2.75) is 0 Å². The first kappa shape index (κ1) is 15.8. The Morgan fingerprint density at radius 3 is 2.64 bits per heavy atom. The zero-order chi connectivity index (χ0) is 17.2. The summed E-state index contributed by atoms with van der Waals surface area (Å²) < 4.78 is 7.80. The molecule has 0 aliphatic rings. The maximum Gasteiger partial charge on any atom is 0.248 e. The number of anilines is 3. The molecule has 25 heavy (non-hydrogen) atoms. The van der Waals surface area contributed by atoms with Crippen LogP contribution in [0.4, 0.5) is 16.6 Å². The number of nitrogens with zero attached hydrogens (tertiary/aromatic N) is 3. The Balaban J connectivity index is 1.61. The predicted octanol–water partition coefficient (Wildman–Crippen LogP) is 4.97. The van der Waals surface area contributed by atoms with Gasteiger partial charge in [0.2, 0.25) is 5.88 Å². The first-order chi connectivity index (χ1) is 12.2. The minimum Gasteiger partial charge on any atom is -0.437 e. The molecular weight excluding hydrogens is 402 g/mol. The molecule has 0 atom stereocenters. The summed E-state index contributed by atoms with van der Waals surface area (Å²) in [4.78, 5) is 12.8. The first-order valence-corrected chi connectivity index (χ1v) is 8.96. The van der Waals surface area contributed by atoms with Crippen LogP contribution >= 0.6 is 27.3 Å². The fraction of sp³-hybridized carbons (Fsp3) is 0. The van der Waals surface area contributed by atoms with Crippen molar-refractivity contribution < 1.29 is 4.74 Å². The Bertz CT molecular complexity index is 1000. The predicted molar refractivity (Wildman–Crippen MR) is 104 cm³/mol. The number of thiazole rings is 1. The van der Waals surface area contributed by atoms with E-state index in [-0.39, 0.29) is 0 Å². The van der Waals surface area contributed by atoms with E-state index in [2.05, 4.69) is 36.2 Å². The maximum atomic E-state index is 6.16. The Hall–Kier alpha value is -2.71. The second-order valence-corrected chi connectivity index (χ2v) is 7.06. The van der Waals surface area contributed by atoms with Gasteiger partial charge in [0, 0.05) is 4.47 Å². The smallest absolute Gasteiger partial charge is 0.248 e. The monoisotopic (exact) mass is 413 g/mol. The van der Waals surface area contributed by atoms with Crippen LogP contribution in [0.15, 0.2) is 59.3 Å². The third-order valence-corrected chi connectivity index (χ3v) is 4.88. The molecule has 0 aliphatic carbocycles. The largest absolute Gasteiger partial charge is 0.437 e. The topological polar surface area (TPSA) is 86.0 Å². The van der Waals surface area contributed by atoms with E-state index in [1.807, 2.05) is 48.5 Å². The van der Waals surface area contributed by atoms with Gasteiger partial charge in [-0.1, -0.05) is 39.4 Å². The van der Waals surface area contributed by atoms with Crippen molar-refractivity contribution in [1.82, 2.24) is 15.0 Å². The van der Waals surface area contributed by atoms with Gasteiger partial charge in [-0.3, -0.25) is 0 Å². The second-order valence-electron chi connectivity index (χ2n) is 5.11. The van der Waals surface area contributed by atoms with Crippen LogP contribution in [0.2, 0.25) is 0 Å². The Morgan fingerprint density at radius 1 is 1.04 bits per heavy atom. The van der Waals surface area contributed by atoms with E-state index < -0.39 is 0 Å². The van der Waals surface area contributed by atoms with Crippen LogP contribution in [0.1, 0.15) is 0 Å². The molecule has 6 nitrogen and oxygen atoms in total. The van der Waals surface area contributed by atoms with Crippen molar-refractivity contribution >= 4 is 54.1 Å². The molecular formula is C17H12BrN5OS. The highest BCUT2D eigenvalue weighted by molar-refractivity contribution is 9.10. The van der Waals surface area contributed by atoms with E-state index in [0.29, 0.717) is 28.3 Å². The van der Waals surface area contributed by atoms with Gasteiger partial charge in [0.15, 0.2) is 10.9 Å². The summed E-state index contributed by atoms with van der Waals surface area (Å²) in [5, 5.41) is 3.85. The van der Waals surface area contributed by atoms with Gasteiger partial charge < -0.3 is 15.8 Å². The molecule has 4 aromatic rings. The van der Waals surface area contributed by atoms with E-state index in [1.54, 1.807) is 0 Å². The first-order valence-electron chi connectivity index (χ1n) is 7.35. The van der Waals surface area contributed by atoms with Crippen molar-refractivity contribution in [3.63, 3.8) is 0 Å². The van der Waals surface area contributed by atoms with Crippen LogP contribution < -0.4 is 15.8 Å². The number of hydrogen-bond donors (Lipinski definition) is 2. The number of ether oxygens (including phenoxy) is 1. The molecule has 2 heterocycles. The zero-order valence-corrected chi connectivity index (χ0v) is 15.2. The van der Waals surface area contributed by atoms with Crippen molar-refractivity contribution in [1.29, 1.82) is 0 Å². The van der Waals surface area contributed by atoms with Crippen molar-refractivity contribution in [2.75, 3.05) is 11.1 Å². The van der Waals surface area contributed by atoms with Gasteiger partial charge >= 0.3 is 0 Å². The lowest BCUT2D eigenvalue weighted by atomic mass is 10.3. The molecule has 0 aliphatic heterocycles. The summed E-state index contributed by atoms with van der Waals surface area (Å²) >= 11 is 4.91. The summed E-state index contributed by atoms with van der Waals surface area (Å²) in [6.45, 7) is 0. The van der Waals surface area contributed by atoms with Gasteiger partial charge in [0.1, 0.15) is 17.8 Å². The molecule has 2 aromatic heterocycles. The number of nitrogens with one attached hydrogen (secondary N) is 1. The Kier molecular flexibility index (Phi) is 4.21. The lowest BCUT2D eigenvalue weighted by Gasteiger charge is -2.10. The zero-order valence-electron chi connectivity index (χ0n) is 12.8. The number of benzene rings is 2. The number of fused-ring (bicyclic) bond motifs is 1. The van der Waals surface area contributed by atoms with E-state index in [0.717, 1.165) is 14.7 Å². The molecule has 0 bridgehead atoms.